The van der Waals surface area contributed by atoms with Gasteiger partial charge >= 0.3 is 0 Å². The zero-order valence-electron chi connectivity index (χ0n) is 2.84. The first-order valence-electron chi connectivity index (χ1n) is 1.20. The molecule has 1 atom stereocenters. The SMILES string of the molecule is O=CN[PH](=O)S. The number of nitrogens with one attached hydrogen (secondary N) is 1. The van der Waals surface area contributed by atoms with Crippen LogP contribution in [0.3, 0.4) is 0 Å². The van der Waals surface area contributed by atoms with Crippen molar-refractivity contribution < 1.29 is 9.36 Å². The molecule has 36 valence electrons. The Hall–Kier alpha value is 0.0500. The summed E-state index contributed by atoms with van der Waals surface area (Å²) in [6.45, 7) is 0. The van der Waals surface area contributed by atoms with Crippen LogP contribution in [0.4, 0.5) is 0 Å². The second kappa shape index (κ2) is 3.25. The van der Waals surface area contributed by atoms with Gasteiger partial charge in [-0.25, -0.2) is 0 Å². The highest BCUT2D eigenvalue weighted by Crippen LogP contribution is 2.16. The van der Waals surface area contributed by atoms with Gasteiger partial charge in [-0.3, -0.25) is 9.36 Å². The number of carbonyl (C=O) groups excluding carboxylic acids is 1. The van der Waals surface area contributed by atoms with Crippen molar-refractivity contribution in [1.29, 1.82) is 0 Å². The minimum Gasteiger partial charge on any atom is -0.304 e. The van der Waals surface area contributed by atoms with Crippen LogP contribution in [-0.4, -0.2) is 6.41 Å². The van der Waals surface area contributed by atoms with Gasteiger partial charge in [0.25, 0.3) is 0 Å². The summed E-state index contributed by atoms with van der Waals surface area (Å²) in [6.07, 6.45) is 0.355. The summed E-state index contributed by atoms with van der Waals surface area (Å²) in [6, 6.07) is 0. The Labute approximate surface area is 41.1 Å². The number of carbonyl (C=O) groups is 1. The summed E-state index contributed by atoms with van der Waals surface area (Å²) in [5.41, 5.74) is 0. The molecule has 0 saturated heterocycles. The monoisotopic (exact) mass is 125 g/mol. The van der Waals surface area contributed by atoms with Crippen LogP contribution in [0.25, 0.3) is 0 Å². The Bertz CT molecular complexity index is 73.9. The summed E-state index contributed by atoms with van der Waals surface area (Å²) in [7, 11) is -2.06. The first-order valence-corrected chi connectivity index (χ1v) is 3.90. The van der Waals surface area contributed by atoms with Crippen LogP contribution < -0.4 is 5.09 Å². The lowest BCUT2D eigenvalue weighted by molar-refractivity contribution is -0.108. The van der Waals surface area contributed by atoms with Gasteiger partial charge in [0.15, 0.2) is 0 Å². The van der Waals surface area contributed by atoms with Gasteiger partial charge in [0.05, 0.1) is 0 Å². The maximum Gasteiger partial charge on any atom is 0.212 e. The van der Waals surface area contributed by atoms with Crippen LogP contribution in [0, 0.1) is 0 Å². The van der Waals surface area contributed by atoms with Gasteiger partial charge in [-0.15, -0.1) is 0 Å². The van der Waals surface area contributed by atoms with E-state index >= 15 is 0 Å². The molecule has 0 rings (SSSR count). The predicted molar refractivity (Wildman–Crippen MR) is 27.2 cm³/mol. The normalized spacial score (nSPS) is 12.8. The third-order valence-electron chi connectivity index (χ3n) is 0.182. The van der Waals surface area contributed by atoms with Gasteiger partial charge in [0.1, 0.15) is 0 Å². The summed E-state index contributed by atoms with van der Waals surface area (Å²) in [4.78, 5) is 9.28. The summed E-state index contributed by atoms with van der Waals surface area (Å²) in [5, 5.41) is 1.94. The van der Waals surface area contributed by atoms with Gasteiger partial charge in [0, 0.05) is 0 Å². The number of hydrogen-bond acceptors (Lipinski definition) is 2. The van der Waals surface area contributed by atoms with Crippen molar-refractivity contribution >= 4 is 25.8 Å². The van der Waals surface area contributed by atoms with E-state index in [0.717, 1.165) is 0 Å². The van der Waals surface area contributed by atoms with E-state index in [4.69, 9.17) is 0 Å². The first-order chi connectivity index (χ1) is 2.77. The van der Waals surface area contributed by atoms with Crippen molar-refractivity contribution in [3.63, 3.8) is 0 Å². The Kier molecular flexibility index (Phi) is 3.28. The average Bonchev–Trinajstić information content (AvgIpc) is 1.35. The Morgan fingerprint density at radius 3 is 2.33 bits per heavy atom. The summed E-state index contributed by atoms with van der Waals surface area (Å²) < 4.78 is 9.75. The summed E-state index contributed by atoms with van der Waals surface area (Å²) >= 11 is 3.38. The molecule has 0 aromatic rings. The van der Waals surface area contributed by atoms with E-state index < -0.39 is 7.15 Å². The van der Waals surface area contributed by atoms with E-state index in [1.54, 1.807) is 0 Å². The van der Waals surface area contributed by atoms with Crippen molar-refractivity contribution in [3.8, 4) is 0 Å². The van der Waals surface area contributed by atoms with Crippen molar-refractivity contribution in [3.05, 3.63) is 0 Å². The molecule has 0 aliphatic carbocycles. The molecule has 1 N–H and O–H groups in total. The van der Waals surface area contributed by atoms with Gasteiger partial charge in [-0.1, -0.05) is 12.2 Å². The predicted octanol–water partition coefficient (Wildman–Crippen LogP) is 0.0519. The van der Waals surface area contributed by atoms with Gasteiger partial charge in [-0.2, -0.15) is 0 Å². The van der Waals surface area contributed by atoms with Gasteiger partial charge in [0.2, 0.25) is 13.6 Å². The van der Waals surface area contributed by atoms with Crippen LogP contribution >= 0.6 is 19.4 Å². The molecule has 1 amide bonds. The topological polar surface area (TPSA) is 46.2 Å². The molecule has 0 aromatic heterocycles. The molecule has 5 heteroatoms. The van der Waals surface area contributed by atoms with Crippen LogP contribution in [-0.2, 0) is 9.36 Å². The number of amides is 1. The highest BCUT2D eigenvalue weighted by Gasteiger charge is 1.76. The van der Waals surface area contributed by atoms with E-state index in [9.17, 15) is 9.36 Å². The molecule has 0 heterocycles. The molecule has 0 aliphatic rings. The Morgan fingerprint density at radius 1 is 1.83 bits per heavy atom. The van der Waals surface area contributed by atoms with E-state index in [1.165, 1.54) is 0 Å². The maximum atomic E-state index is 9.75. The third kappa shape index (κ3) is 4.05. The van der Waals surface area contributed by atoms with Crippen LogP contribution in [0.2, 0.25) is 0 Å². The standard InChI is InChI=1S/CH4NO2PS/c3-1-2-5(4)6/h1,5H,(H2,2,3,4,6). The smallest absolute Gasteiger partial charge is 0.212 e. The molecular formula is CH4NO2PS. The van der Waals surface area contributed by atoms with E-state index in [-0.39, 0.29) is 0 Å². The minimum absolute atomic E-state index is 0.355. The molecule has 3 nitrogen and oxygen atoms in total. The minimum atomic E-state index is -2.06. The molecule has 0 saturated carbocycles. The fourth-order valence-corrected chi connectivity index (χ4v) is 0.309. The molecule has 0 spiro atoms. The third-order valence-corrected chi connectivity index (χ3v) is 0.935. The quantitative estimate of drug-likeness (QED) is 0.311. The van der Waals surface area contributed by atoms with E-state index in [2.05, 4.69) is 12.2 Å². The lowest BCUT2D eigenvalue weighted by Gasteiger charge is -1.80. The molecule has 0 fully saturated rings. The molecule has 0 aromatic carbocycles. The van der Waals surface area contributed by atoms with Crippen molar-refractivity contribution in [2.24, 2.45) is 0 Å². The van der Waals surface area contributed by atoms with Crippen molar-refractivity contribution in [2.75, 3.05) is 0 Å². The van der Waals surface area contributed by atoms with Gasteiger partial charge < -0.3 is 5.09 Å². The lowest BCUT2D eigenvalue weighted by Crippen LogP contribution is -1.92. The zero-order valence-corrected chi connectivity index (χ0v) is 4.74. The van der Waals surface area contributed by atoms with Crippen molar-refractivity contribution in [1.82, 2.24) is 5.09 Å². The highest BCUT2D eigenvalue weighted by molar-refractivity contribution is 8.40. The number of thiol groups is 1. The number of hydrogen-bond donors (Lipinski definition) is 2. The molecule has 1 unspecified atom stereocenters. The Morgan fingerprint density at radius 2 is 2.33 bits per heavy atom. The lowest BCUT2D eigenvalue weighted by atomic mass is 11.5. The van der Waals surface area contributed by atoms with Crippen LogP contribution in [0.15, 0.2) is 0 Å². The second-order valence-corrected chi connectivity index (χ2v) is 2.68. The molecular weight excluding hydrogens is 121 g/mol. The first kappa shape index (κ1) is 6.05. The average molecular weight is 125 g/mol. The van der Waals surface area contributed by atoms with E-state index in [0.29, 0.717) is 6.41 Å². The maximum absolute atomic E-state index is 9.75. The van der Waals surface area contributed by atoms with E-state index in [1.807, 2.05) is 5.09 Å². The summed E-state index contributed by atoms with van der Waals surface area (Å²) in [5.74, 6) is 0. The highest BCUT2D eigenvalue weighted by atomic mass is 32.7. The largest absolute Gasteiger partial charge is 0.304 e. The Balaban J connectivity index is 3.05. The molecule has 0 radical (unpaired) electrons. The fraction of sp³-hybridized carbons (Fsp3) is 0. The molecule has 0 bridgehead atoms. The molecule has 0 aliphatic heterocycles. The fourth-order valence-electron chi connectivity index (χ4n) is 0.0504. The second-order valence-electron chi connectivity index (χ2n) is 0.567. The number of rotatable bonds is 2. The zero-order chi connectivity index (χ0) is 4.99. The van der Waals surface area contributed by atoms with Gasteiger partial charge in [-0.05, 0) is 0 Å². The molecule has 6 heavy (non-hydrogen) atoms. The van der Waals surface area contributed by atoms with Crippen LogP contribution in [0.1, 0.15) is 0 Å². The van der Waals surface area contributed by atoms with Crippen LogP contribution in [0.5, 0.6) is 0 Å². The van der Waals surface area contributed by atoms with Crippen molar-refractivity contribution in [2.45, 2.75) is 0 Å².